The van der Waals surface area contributed by atoms with E-state index in [2.05, 4.69) is 44.3 Å². The Balaban J connectivity index is 1.42. The Morgan fingerprint density at radius 1 is 1.00 bits per heavy atom. The van der Waals surface area contributed by atoms with Crippen molar-refractivity contribution in [3.63, 3.8) is 0 Å². The average Bonchev–Trinajstić information content (AvgIpc) is 3.11. The summed E-state index contributed by atoms with van der Waals surface area (Å²) in [5.41, 5.74) is 4.66. The fraction of sp³-hybridized carbons (Fsp3) is 0.391. The van der Waals surface area contributed by atoms with E-state index in [1.54, 1.807) is 0 Å². The van der Waals surface area contributed by atoms with E-state index in [0.717, 1.165) is 55.4 Å². The van der Waals surface area contributed by atoms with Gasteiger partial charge in [0, 0.05) is 44.4 Å². The van der Waals surface area contributed by atoms with Crippen LogP contribution in [0.3, 0.4) is 0 Å². The fourth-order valence-electron chi connectivity index (χ4n) is 4.73. The molecular weight excluding hydrogens is 360 g/mol. The van der Waals surface area contributed by atoms with Gasteiger partial charge in [-0.2, -0.15) is 0 Å². The third kappa shape index (κ3) is 3.22. The van der Waals surface area contributed by atoms with Crippen LogP contribution in [0.15, 0.2) is 48.7 Å². The maximum absolute atomic E-state index is 4.96. The molecule has 5 rings (SSSR count). The zero-order valence-electron chi connectivity index (χ0n) is 17.0. The van der Waals surface area contributed by atoms with Crippen LogP contribution in [0.2, 0.25) is 0 Å². The number of fused-ring (bicyclic) bond motifs is 2. The lowest BCUT2D eigenvalue weighted by Gasteiger charge is -2.41. The van der Waals surface area contributed by atoms with Crippen LogP contribution in [0, 0.1) is 0 Å². The normalized spacial score (nSPS) is 20.7. The number of rotatable bonds is 3. The first kappa shape index (κ1) is 18.0. The minimum atomic E-state index is 0.0983. The topological polar surface area (TPSA) is 58.0 Å². The highest BCUT2D eigenvalue weighted by atomic mass is 15.3. The molecule has 29 heavy (non-hydrogen) atoms. The first-order valence-corrected chi connectivity index (χ1v) is 10.3. The van der Waals surface area contributed by atoms with Crippen molar-refractivity contribution in [3.05, 3.63) is 59.9 Å². The SMILES string of the molecule is CN(C)c1ncc2c(n1)C1(CCCN(c3ccc(-c4ccccc4)nn3)C1)CC2. The number of anilines is 2. The van der Waals surface area contributed by atoms with E-state index in [-0.39, 0.29) is 5.41 Å². The average molecular weight is 387 g/mol. The van der Waals surface area contributed by atoms with E-state index in [0.29, 0.717) is 0 Å². The fourth-order valence-corrected chi connectivity index (χ4v) is 4.73. The molecule has 2 aromatic heterocycles. The first-order valence-electron chi connectivity index (χ1n) is 10.3. The quantitative estimate of drug-likeness (QED) is 0.687. The number of hydrogen-bond donors (Lipinski definition) is 0. The molecule has 0 saturated carbocycles. The molecule has 6 nitrogen and oxygen atoms in total. The van der Waals surface area contributed by atoms with Crippen molar-refractivity contribution in [2.75, 3.05) is 37.0 Å². The summed E-state index contributed by atoms with van der Waals surface area (Å²) in [6, 6.07) is 14.4. The number of nitrogens with zero attached hydrogens (tertiary/aromatic N) is 6. The van der Waals surface area contributed by atoms with Gasteiger partial charge in [-0.25, -0.2) is 9.97 Å². The summed E-state index contributed by atoms with van der Waals surface area (Å²) in [4.78, 5) is 13.9. The molecule has 1 saturated heterocycles. The lowest BCUT2D eigenvalue weighted by molar-refractivity contribution is 0.333. The predicted octanol–water partition coefficient (Wildman–Crippen LogP) is 3.48. The molecule has 0 radical (unpaired) electrons. The largest absolute Gasteiger partial charge is 0.354 e. The molecule has 6 heteroatoms. The summed E-state index contributed by atoms with van der Waals surface area (Å²) < 4.78 is 0. The molecule has 0 bridgehead atoms. The Morgan fingerprint density at radius 3 is 2.62 bits per heavy atom. The zero-order valence-corrected chi connectivity index (χ0v) is 17.0. The number of hydrogen-bond acceptors (Lipinski definition) is 6. The van der Waals surface area contributed by atoms with Crippen LogP contribution >= 0.6 is 0 Å². The van der Waals surface area contributed by atoms with Crippen molar-refractivity contribution in [1.82, 2.24) is 20.2 Å². The van der Waals surface area contributed by atoms with E-state index >= 15 is 0 Å². The maximum Gasteiger partial charge on any atom is 0.225 e. The van der Waals surface area contributed by atoms with E-state index < -0.39 is 0 Å². The van der Waals surface area contributed by atoms with Gasteiger partial charge in [-0.3, -0.25) is 0 Å². The Bertz CT molecular complexity index is 998. The van der Waals surface area contributed by atoms with Gasteiger partial charge < -0.3 is 9.80 Å². The first-order chi connectivity index (χ1) is 14.1. The van der Waals surface area contributed by atoms with Crippen molar-refractivity contribution in [2.24, 2.45) is 0 Å². The smallest absolute Gasteiger partial charge is 0.225 e. The van der Waals surface area contributed by atoms with Crippen LogP contribution in [0.1, 0.15) is 30.5 Å². The minimum absolute atomic E-state index is 0.0983. The van der Waals surface area contributed by atoms with Gasteiger partial charge in [0.1, 0.15) is 0 Å². The second kappa shape index (κ2) is 7.10. The molecule has 3 heterocycles. The monoisotopic (exact) mass is 386 g/mol. The third-order valence-electron chi connectivity index (χ3n) is 6.25. The van der Waals surface area contributed by atoms with E-state index in [1.165, 1.54) is 17.7 Å². The maximum atomic E-state index is 4.96. The number of aryl methyl sites for hydroxylation is 1. The Hall–Kier alpha value is -3.02. The van der Waals surface area contributed by atoms with Crippen molar-refractivity contribution in [1.29, 1.82) is 0 Å². The van der Waals surface area contributed by atoms with Crippen LogP contribution < -0.4 is 9.80 Å². The van der Waals surface area contributed by atoms with Gasteiger partial charge in [0.15, 0.2) is 5.82 Å². The summed E-state index contributed by atoms with van der Waals surface area (Å²) >= 11 is 0. The highest BCUT2D eigenvalue weighted by Crippen LogP contribution is 2.44. The van der Waals surface area contributed by atoms with E-state index in [4.69, 9.17) is 4.98 Å². The van der Waals surface area contributed by atoms with Gasteiger partial charge in [0.05, 0.1) is 11.4 Å². The molecule has 148 valence electrons. The Kier molecular flexibility index (Phi) is 4.42. The van der Waals surface area contributed by atoms with Gasteiger partial charge >= 0.3 is 0 Å². The number of piperidine rings is 1. The van der Waals surface area contributed by atoms with Crippen molar-refractivity contribution in [3.8, 4) is 11.3 Å². The van der Waals surface area contributed by atoms with Crippen molar-refractivity contribution >= 4 is 11.8 Å². The summed E-state index contributed by atoms with van der Waals surface area (Å²) in [7, 11) is 4.00. The molecule has 0 N–H and O–H groups in total. The number of aromatic nitrogens is 4. The molecular formula is C23H26N6. The Morgan fingerprint density at radius 2 is 1.86 bits per heavy atom. The van der Waals surface area contributed by atoms with Gasteiger partial charge in [-0.15, -0.1) is 10.2 Å². The van der Waals surface area contributed by atoms with E-state index in [1.807, 2.05) is 43.4 Å². The van der Waals surface area contributed by atoms with Gasteiger partial charge in [0.2, 0.25) is 5.95 Å². The summed E-state index contributed by atoms with van der Waals surface area (Å²) in [5, 5.41) is 9.07. The summed E-state index contributed by atoms with van der Waals surface area (Å²) in [6.07, 6.45) is 6.55. The Labute approximate surface area is 171 Å². The molecule has 0 amide bonds. The summed E-state index contributed by atoms with van der Waals surface area (Å²) in [6.45, 7) is 1.96. The van der Waals surface area contributed by atoms with Crippen LogP contribution in [0.25, 0.3) is 11.3 Å². The molecule has 1 aliphatic heterocycles. The van der Waals surface area contributed by atoms with Crippen LogP contribution in [-0.2, 0) is 11.8 Å². The number of benzene rings is 1. The van der Waals surface area contributed by atoms with E-state index in [9.17, 15) is 0 Å². The van der Waals surface area contributed by atoms with Gasteiger partial charge in [-0.1, -0.05) is 30.3 Å². The van der Waals surface area contributed by atoms with Gasteiger partial charge in [-0.05, 0) is 43.4 Å². The second-order valence-electron chi connectivity index (χ2n) is 8.39. The highest BCUT2D eigenvalue weighted by molar-refractivity contribution is 5.59. The predicted molar refractivity (Wildman–Crippen MR) is 115 cm³/mol. The lowest BCUT2D eigenvalue weighted by atomic mass is 9.77. The van der Waals surface area contributed by atoms with Crippen molar-refractivity contribution in [2.45, 2.75) is 31.1 Å². The van der Waals surface area contributed by atoms with Crippen molar-refractivity contribution < 1.29 is 0 Å². The minimum Gasteiger partial charge on any atom is -0.354 e. The molecule has 1 spiro atoms. The summed E-state index contributed by atoms with van der Waals surface area (Å²) in [5.74, 6) is 1.76. The van der Waals surface area contributed by atoms with Crippen LogP contribution in [-0.4, -0.2) is 47.4 Å². The molecule has 1 unspecified atom stereocenters. The van der Waals surface area contributed by atoms with Crippen LogP contribution in [0.4, 0.5) is 11.8 Å². The van der Waals surface area contributed by atoms with Gasteiger partial charge in [0.25, 0.3) is 0 Å². The highest BCUT2D eigenvalue weighted by Gasteiger charge is 2.44. The zero-order chi connectivity index (χ0) is 19.8. The molecule has 1 fully saturated rings. The lowest BCUT2D eigenvalue weighted by Crippen LogP contribution is -2.46. The molecule has 3 aromatic rings. The molecule has 1 atom stereocenters. The second-order valence-corrected chi connectivity index (χ2v) is 8.39. The van der Waals surface area contributed by atoms with Crippen LogP contribution in [0.5, 0.6) is 0 Å². The standard InChI is InChI=1S/C23H26N6/c1-28(2)22-24-15-18-11-13-23(21(18)25-22)12-6-14-29(16-23)20-10-9-19(26-27-20)17-7-4-3-5-8-17/h3-5,7-10,15H,6,11-14,16H2,1-2H3. The molecule has 1 aliphatic carbocycles. The molecule has 1 aromatic carbocycles. The molecule has 2 aliphatic rings. The third-order valence-corrected chi connectivity index (χ3v) is 6.25.